The molecule has 6 atom stereocenters. The average molecular weight is 639 g/mol. The lowest BCUT2D eigenvalue weighted by atomic mass is 9.43. The Bertz CT molecular complexity index is 1350. The number of fused-ring (bicyclic) bond motifs is 1. The van der Waals surface area contributed by atoms with Gasteiger partial charge in [0.15, 0.2) is 0 Å². The zero-order valence-electron chi connectivity index (χ0n) is 29.5. The van der Waals surface area contributed by atoms with Gasteiger partial charge in [-0.15, -0.1) is 0 Å². The van der Waals surface area contributed by atoms with E-state index in [2.05, 4.69) is 67.2 Å². The molecule has 4 fully saturated rings. The topological polar surface area (TPSA) is 85.4 Å². The van der Waals surface area contributed by atoms with Crippen molar-refractivity contribution in [1.29, 1.82) is 0 Å². The van der Waals surface area contributed by atoms with Gasteiger partial charge >= 0.3 is 12.1 Å². The molecule has 1 aromatic rings. The summed E-state index contributed by atoms with van der Waals surface area (Å²) >= 11 is 0. The molecule has 4 bridgehead atoms. The largest absolute Gasteiger partial charge is 0.543 e. The minimum atomic E-state index is -2.02. The number of carboxylic acid groups (broad SMARTS) is 1. The van der Waals surface area contributed by atoms with E-state index in [1.165, 1.54) is 11.1 Å². The van der Waals surface area contributed by atoms with Crippen LogP contribution in [0.25, 0.3) is 0 Å². The lowest BCUT2D eigenvalue weighted by Crippen LogP contribution is -2.70. The first-order valence-corrected chi connectivity index (χ1v) is 20.4. The van der Waals surface area contributed by atoms with E-state index < -0.39 is 19.9 Å². The lowest BCUT2D eigenvalue weighted by Gasteiger charge is -2.66. The number of nitrogens with zero attached hydrogens (tertiary/aromatic N) is 3. The highest BCUT2D eigenvalue weighted by atomic mass is 28.4. The first-order chi connectivity index (χ1) is 20.8. The first-order valence-electron chi connectivity index (χ1n) is 17.5. The van der Waals surface area contributed by atoms with Crippen molar-refractivity contribution in [3.8, 4) is 5.75 Å². The number of rotatable bonds is 6. The predicted molar refractivity (Wildman–Crippen MR) is 182 cm³/mol. The Labute approximate surface area is 272 Å². The molecule has 1 aromatic carbocycles. The average Bonchev–Trinajstić information content (AvgIpc) is 3.34. The van der Waals surface area contributed by atoms with Crippen molar-refractivity contribution in [2.75, 3.05) is 26.2 Å². The van der Waals surface area contributed by atoms with E-state index in [9.17, 15) is 14.7 Å². The van der Waals surface area contributed by atoms with Crippen LogP contribution in [0.5, 0.6) is 5.75 Å². The predicted octanol–water partition coefficient (Wildman–Crippen LogP) is 6.94. The molecule has 9 heteroatoms. The van der Waals surface area contributed by atoms with Crippen LogP contribution in [0, 0.1) is 17.3 Å². The molecule has 0 radical (unpaired) electrons. The lowest BCUT2D eigenvalue weighted by molar-refractivity contribution is -0.102. The second kappa shape index (κ2) is 10.6. The molecule has 0 aromatic heterocycles. The second-order valence-corrected chi connectivity index (χ2v) is 22.5. The fourth-order valence-electron chi connectivity index (χ4n) is 10.4. The summed E-state index contributed by atoms with van der Waals surface area (Å²) in [5.41, 5.74) is 2.63. The van der Waals surface area contributed by atoms with Crippen molar-refractivity contribution >= 4 is 20.4 Å². The Morgan fingerprint density at radius 2 is 1.87 bits per heavy atom. The zero-order valence-corrected chi connectivity index (χ0v) is 30.5. The minimum absolute atomic E-state index is 0.00546. The third-order valence-electron chi connectivity index (χ3n) is 13.1. The smallest absolute Gasteiger partial charge is 0.407 e. The van der Waals surface area contributed by atoms with Crippen LogP contribution >= 0.6 is 0 Å². The minimum Gasteiger partial charge on any atom is -0.543 e. The number of carbonyl (C=O) groups is 2. The molecule has 2 saturated carbocycles. The first kappa shape index (κ1) is 32.7. The van der Waals surface area contributed by atoms with Crippen LogP contribution in [-0.2, 0) is 11.8 Å². The maximum atomic E-state index is 13.5. The van der Waals surface area contributed by atoms with Gasteiger partial charge in [-0.05, 0) is 132 Å². The highest BCUT2D eigenvalue weighted by Crippen LogP contribution is 2.75. The van der Waals surface area contributed by atoms with E-state index in [1.807, 2.05) is 34.6 Å². The van der Waals surface area contributed by atoms with Crippen molar-refractivity contribution in [2.24, 2.45) is 17.3 Å². The Morgan fingerprint density at radius 3 is 2.49 bits per heavy atom. The highest BCUT2D eigenvalue weighted by molar-refractivity contribution is 6.74. The van der Waals surface area contributed by atoms with Crippen LogP contribution in [0.4, 0.5) is 9.59 Å². The van der Waals surface area contributed by atoms with E-state index in [0.29, 0.717) is 24.4 Å². The Hall–Kier alpha value is -2.26. The van der Waals surface area contributed by atoms with Gasteiger partial charge in [-0.3, -0.25) is 4.90 Å². The van der Waals surface area contributed by atoms with Crippen molar-refractivity contribution in [3.05, 3.63) is 29.3 Å². The van der Waals surface area contributed by atoms with Gasteiger partial charge in [0.1, 0.15) is 5.75 Å². The molecule has 45 heavy (non-hydrogen) atoms. The molecule has 5 aliphatic rings. The van der Waals surface area contributed by atoms with Crippen LogP contribution < -0.4 is 9.74 Å². The third-order valence-corrected chi connectivity index (χ3v) is 17.4. The molecule has 250 valence electrons. The summed E-state index contributed by atoms with van der Waals surface area (Å²) in [6.45, 7) is 24.7. The highest BCUT2D eigenvalue weighted by Gasteiger charge is 2.76. The van der Waals surface area contributed by atoms with Gasteiger partial charge in [-0.2, -0.15) is 0 Å². The fourth-order valence-corrected chi connectivity index (χ4v) is 11.4. The van der Waals surface area contributed by atoms with Crippen molar-refractivity contribution in [2.45, 2.75) is 135 Å². The number of hydrogen-bond donors (Lipinski definition) is 2. The van der Waals surface area contributed by atoms with Gasteiger partial charge in [0.25, 0.3) is 0 Å². The normalized spacial score (nSPS) is 32.3. The summed E-state index contributed by atoms with van der Waals surface area (Å²) in [4.78, 5) is 32.2. The second-order valence-electron chi connectivity index (χ2n) is 17.8. The van der Waals surface area contributed by atoms with Gasteiger partial charge in [0.2, 0.25) is 8.32 Å². The van der Waals surface area contributed by atoms with Crippen LogP contribution in [-0.4, -0.2) is 90.1 Å². The number of likely N-dealkylation sites (tertiary alicyclic amines) is 2. The molecule has 2 aliphatic heterocycles. The molecular formula is C36H58N4O4Si. The van der Waals surface area contributed by atoms with Crippen LogP contribution in [0.3, 0.4) is 0 Å². The van der Waals surface area contributed by atoms with E-state index in [1.54, 1.807) is 4.90 Å². The molecule has 8 nitrogen and oxygen atoms in total. The van der Waals surface area contributed by atoms with Gasteiger partial charge < -0.3 is 24.6 Å². The summed E-state index contributed by atoms with van der Waals surface area (Å²) < 4.78 is 6.94. The molecule has 0 spiro atoms. The van der Waals surface area contributed by atoms with Crippen molar-refractivity contribution < 1.29 is 19.1 Å². The van der Waals surface area contributed by atoms with Gasteiger partial charge in [-0.25, -0.2) is 9.59 Å². The van der Waals surface area contributed by atoms with Gasteiger partial charge in [0.05, 0.1) is 0 Å². The van der Waals surface area contributed by atoms with Gasteiger partial charge in [0, 0.05) is 48.7 Å². The molecule has 2 N–H and O–H groups in total. The quantitative estimate of drug-likeness (QED) is 0.330. The van der Waals surface area contributed by atoms with Crippen LogP contribution in [0.2, 0.25) is 18.1 Å². The number of carbonyl (C=O) groups excluding carboxylic acids is 1. The zero-order chi connectivity index (χ0) is 32.9. The summed E-state index contributed by atoms with van der Waals surface area (Å²) in [6.07, 6.45) is 4.53. The number of benzene rings is 1. The molecule has 6 rings (SSSR count). The van der Waals surface area contributed by atoms with E-state index >= 15 is 0 Å². The number of amides is 3. The Kier molecular flexibility index (Phi) is 7.71. The van der Waals surface area contributed by atoms with E-state index in [-0.39, 0.29) is 34.0 Å². The standard InChI is InChI=1S/C36H58N4O4Si/c1-23(2)37-31(41)39-22-25-21-35-14-13-28(39)30(25)36(35)15-16-38(17-18-40(32(42)43)33(3,4)5)29(35)19-24-11-12-26(20-27(24)36)44-45(9,10)34(6,7)8/h11-12,20,23,25,28-30H,13-19,21-22H2,1-10H3,(H,37,41)(H,42,43)/t25-,28-,29-,30-,35-,36+/m1/s1. The van der Waals surface area contributed by atoms with Crippen molar-refractivity contribution in [1.82, 2.24) is 20.0 Å². The molecule has 3 amide bonds. The summed E-state index contributed by atoms with van der Waals surface area (Å²) in [6, 6.07) is 7.85. The number of urea groups is 1. The molecule has 2 heterocycles. The number of hydrogen-bond acceptors (Lipinski definition) is 4. The monoisotopic (exact) mass is 638 g/mol. The van der Waals surface area contributed by atoms with Crippen LogP contribution in [0.15, 0.2) is 18.2 Å². The number of piperidine rings is 1. The Balaban J connectivity index is 1.41. The molecular weight excluding hydrogens is 581 g/mol. The Morgan fingerprint density at radius 1 is 1.16 bits per heavy atom. The van der Waals surface area contributed by atoms with E-state index in [0.717, 1.165) is 57.5 Å². The third kappa shape index (κ3) is 4.92. The summed E-state index contributed by atoms with van der Waals surface area (Å²) in [5, 5.41) is 13.4. The van der Waals surface area contributed by atoms with Crippen molar-refractivity contribution in [3.63, 3.8) is 0 Å². The van der Waals surface area contributed by atoms with E-state index in [4.69, 9.17) is 4.43 Å². The summed E-state index contributed by atoms with van der Waals surface area (Å²) in [7, 11) is -2.02. The van der Waals surface area contributed by atoms with Gasteiger partial charge in [-0.1, -0.05) is 26.8 Å². The fraction of sp³-hybridized carbons (Fsp3) is 0.778. The SMILES string of the molecule is CC(C)NC(=O)N1C[C@H]2C[C@@]34CC[C@@H]1[C@@H]2[C@@]31CCN(CCN(C(=O)O)C(C)(C)C)[C@@H]4Cc2ccc(O[Si](C)(C)C(C)(C)C)cc21. The van der Waals surface area contributed by atoms with Crippen LogP contribution in [0.1, 0.15) is 92.2 Å². The molecule has 2 saturated heterocycles. The maximum absolute atomic E-state index is 13.5. The molecule has 0 unspecified atom stereocenters. The molecule has 3 aliphatic carbocycles. The maximum Gasteiger partial charge on any atom is 0.407 e. The number of nitrogens with one attached hydrogen (secondary N) is 1. The summed E-state index contributed by atoms with van der Waals surface area (Å²) in [5.74, 6) is 1.94.